The minimum absolute atomic E-state index is 0.0179. The van der Waals surface area contributed by atoms with Gasteiger partial charge >= 0.3 is 0 Å². The molecule has 6 heteroatoms. The predicted octanol–water partition coefficient (Wildman–Crippen LogP) is 6.31. The highest BCUT2D eigenvalue weighted by Gasteiger charge is 2.47. The lowest BCUT2D eigenvalue weighted by Crippen LogP contribution is -2.29. The number of fused-ring (bicyclic) bond motifs is 1. The summed E-state index contributed by atoms with van der Waals surface area (Å²) in [6.45, 7) is 2.00. The zero-order valence-corrected chi connectivity index (χ0v) is 18.8. The molecule has 1 N–H and O–H groups in total. The Morgan fingerprint density at radius 1 is 0.886 bits per heavy atom. The highest BCUT2D eigenvalue weighted by molar-refractivity contribution is 6.51. The number of nitrogens with zero attached hydrogens (tertiary/aromatic N) is 1. The van der Waals surface area contributed by atoms with Crippen LogP contribution in [0.2, 0.25) is 0 Å². The average molecular weight is 469 g/mol. The minimum Gasteiger partial charge on any atom is -0.507 e. The second-order valence-corrected chi connectivity index (χ2v) is 8.39. The van der Waals surface area contributed by atoms with Crippen LogP contribution in [0.25, 0.3) is 16.5 Å². The van der Waals surface area contributed by atoms with Crippen molar-refractivity contribution in [2.45, 2.75) is 19.4 Å². The first-order chi connectivity index (χ1) is 16.9. The first-order valence-electron chi connectivity index (χ1n) is 11.2. The summed E-state index contributed by atoms with van der Waals surface area (Å²) >= 11 is 0. The number of halogens is 2. The summed E-state index contributed by atoms with van der Waals surface area (Å²) in [5, 5.41) is 12.9. The molecule has 0 radical (unpaired) electrons. The molecule has 4 nitrogen and oxygen atoms in total. The van der Waals surface area contributed by atoms with Gasteiger partial charge in [-0.15, -0.1) is 0 Å². The van der Waals surface area contributed by atoms with Crippen molar-refractivity contribution in [3.8, 4) is 0 Å². The smallest absolute Gasteiger partial charge is 0.300 e. The van der Waals surface area contributed by atoms with Crippen LogP contribution in [0.3, 0.4) is 0 Å². The SMILES string of the molecule is CCc1ccc(/C(O)=C2/C(=O)C(=O)N(c3ccc(F)c(F)c3)C2c2cccc3ccccc23)cc1. The summed E-state index contributed by atoms with van der Waals surface area (Å²) in [7, 11) is 0. The molecule has 1 heterocycles. The number of hydrogen-bond donors (Lipinski definition) is 1. The van der Waals surface area contributed by atoms with Gasteiger partial charge in [-0.3, -0.25) is 14.5 Å². The standard InChI is InChI=1S/C29H21F2NO3/c1-2-17-10-12-19(13-11-17)27(33)25-26(22-9-5-7-18-6-3-4-8-21(18)22)32(29(35)28(25)34)20-14-15-23(30)24(31)16-20/h3-16,26,33H,2H2,1H3/b27-25-. The molecule has 35 heavy (non-hydrogen) atoms. The van der Waals surface area contributed by atoms with Gasteiger partial charge in [-0.2, -0.15) is 0 Å². The third-order valence-corrected chi connectivity index (χ3v) is 6.38. The maximum Gasteiger partial charge on any atom is 0.300 e. The van der Waals surface area contributed by atoms with E-state index in [0.717, 1.165) is 39.8 Å². The van der Waals surface area contributed by atoms with E-state index in [1.165, 1.54) is 6.07 Å². The maximum absolute atomic E-state index is 14.2. The van der Waals surface area contributed by atoms with Crippen LogP contribution in [0.1, 0.15) is 29.7 Å². The molecule has 174 valence electrons. The van der Waals surface area contributed by atoms with E-state index in [0.29, 0.717) is 11.1 Å². The number of aliphatic hydroxyl groups excluding tert-OH is 1. The Bertz CT molecular complexity index is 1500. The van der Waals surface area contributed by atoms with E-state index in [9.17, 15) is 23.5 Å². The monoisotopic (exact) mass is 469 g/mol. The Kier molecular flexibility index (Phi) is 5.65. The molecule has 0 spiro atoms. The summed E-state index contributed by atoms with van der Waals surface area (Å²) < 4.78 is 27.9. The van der Waals surface area contributed by atoms with Crippen LogP contribution in [0.4, 0.5) is 14.5 Å². The summed E-state index contributed by atoms with van der Waals surface area (Å²) in [6, 6.07) is 22.0. The highest BCUT2D eigenvalue weighted by Crippen LogP contribution is 2.44. The van der Waals surface area contributed by atoms with Crippen molar-refractivity contribution in [2.24, 2.45) is 0 Å². The number of carbonyl (C=O) groups excluding carboxylic acids is 2. The molecule has 1 aliphatic rings. The van der Waals surface area contributed by atoms with Crippen molar-refractivity contribution in [1.29, 1.82) is 0 Å². The second kappa shape index (κ2) is 8.80. The molecule has 1 aliphatic heterocycles. The van der Waals surface area contributed by atoms with Gasteiger partial charge in [-0.1, -0.05) is 73.7 Å². The van der Waals surface area contributed by atoms with Crippen molar-refractivity contribution in [3.63, 3.8) is 0 Å². The summed E-state index contributed by atoms with van der Waals surface area (Å²) in [5.41, 5.74) is 1.92. The average Bonchev–Trinajstić information content (AvgIpc) is 3.15. The molecule has 1 atom stereocenters. The lowest BCUT2D eigenvalue weighted by molar-refractivity contribution is -0.132. The molecule has 4 aromatic rings. The number of carbonyl (C=O) groups is 2. The quantitative estimate of drug-likeness (QED) is 0.217. The van der Waals surface area contributed by atoms with E-state index in [1.807, 2.05) is 49.4 Å². The van der Waals surface area contributed by atoms with Gasteiger partial charge in [0.1, 0.15) is 5.76 Å². The number of rotatable bonds is 4. The van der Waals surface area contributed by atoms with Gasteiger partial charge in [0.05, 0.1) is 11.6 Å². The molecular weight excluding hydrogens is 448 g/mol. The highest BCUT2D eigenvalue weighted by atomic mass is 19.2. The zero-order valence-electron chi connectivity index (χ0n) is 18.8. The fourth-order valence-electron chi connectivity index (χ4n) is 4.57. The topological polar surface area (TPSA) is 57.6 Å². The van der Waals surface area contributed by atoms with E-state index in [4.69, 9.17) is 0 Å². The number of ketones is 1. The number of Topliss-reactive ketones (excluding diaryl/α,β-unsaturated/α-hetero) is 1. The molecule has 1 saturated heterocycles. The molecule has 1 unspecified atom stereocenters. The number of aryl methyl sites for hydroxylation is 1. The number of amides is 1. The molecular formula is C29H21F2NO3. The normalized spacial score (nSPS) is 17.3. The number of aliphatic hydroxyl groups is 1. The Morgan fingerprint density at radius 2 is 1.60 bits per heavy atom. The van der Waals surface area contributed by atoms with Crippen LogP contribution < -0.4 is 4.90 Å². The van der Waals surface area contributed by atoms with Crippen LogP contribution >= 0.6 is 0 Å². The maximum atomic E-state index is 14.2. The molecule has 0 aliphatic carbocycles. The van der Waals surface area contributed by atoms with E-state index >= 15 is 0 Å². The predicted molar refractivity (Wildman–Crippen MR) is 131 cm³/mol. The fraction of sp³-hybridized carbons (Fsp3) is 0.103. The van der Waals surface area contributed by atoms with Gasteiger partial charge < -0.3 is 5.11 Å². The van der Waals surface area contributed by atoms with Gasteiger partial charge in [0.25, 0.3) is 11.7 Å². The van der Waals surface area contributed by atoms with Gasteiger partial charge in [-0.25, -0.2) is 8.78 Å². The number of benzene rings is 4. The molecule has 0 saturated carbocycles. The Labute approximate surface area is 200 Å². The van der Waals surface area contributed by atoms with Gasteiger partial charge in [0, 0.05) is 17.3 Å². The largest absolute Gasteiger partial charge is 0.507 e. The van der Waals surface area contributed by atoms with Crippen molar-refractivity contribution in [3.05, 3.63) is 119 Å². The Balaban J connectivity index is 1.79. The van der Waals surface area contributed by atoms with Crippen LogP contribution in [-0.2, 0) is 16.0 Å². The van der Waals surface area contributed by atoms with Crippen molar-refractivity contribution in [1.82, 2.24) is 0 Å². The lowest BCUT2D eigenvalue weighted by Gasteiger charge is -2.26. The van der Waals surface area contributed by atoms with Crippen LogP contribution in [0.5, 0.6) is 0 Å². The van der Waals surface area contributed by atoms with Gasteiger partial charge in [-0.05, 0) is 40.5 Å². The lowest BCUT2D eigenvalue weighted by atomic mass is 9.91. The molecule has 1 amide bonds. The third kappa shape index (κ3) is 3.77. The van der Waals surface area contributed by atoms with Gasteiger partial charge in [0.15, 0.2) is 11.6 Å². The zero-order chi connectivity index (χ0) is 24.7. The summed E-state index contributed by atoms with van der Waals surface area (Å²) in [5.74, 6) is -4.36. The van der Waals surface area contributed by atoms with E-state index < -0.39 is 29.4 Å². The van der Waals surface area contributed by atoms with Crippen LogP contribution in [-0.4, -0.2) is 16.8 Å². The molecule has 0 aromatic heterocycles. The number of hydrogen-bond acceptors (Lipinski definition) is 3. The van der Waals surface area contributed by atoms with E-state index in [2.05, 4.69) is 0 Å². The number of anilines is 1. The molecule has 5 rings (SSSR count). The minimum atomic E-state index is -1.14. The van der Waals surface area contributed by atoms with Crippen molar-refractivity contribution in [2.75, 3.05) is 4.90 Å². The Hall–Kier alpha value is -4.32. The summed E-state index contributed by atoms with van der Waals surface area (Å²) in [6.07, 6.45) is 0.803. The van der Waals surface area contributed by atoms with E-state index in [-0.39, 0.29) is 17.0 Å². The summed E-state index contributed by atoms with van der Waals surface area (Å²) in [4.78, 5) is 27.7. The fourth-order valence-corrected chi connectivity index (χ4v) is 4.57. The second-order valence-electron chi connectivity index (χ2n) is 8.39. The molecule has 0 bridgehead atoms. The van der Waals surface area contributed by atoms with Crippen molar-refractivity contribution >= 4 is 33.9 Å². The van der Waals surface area contributed by atoms with Gasteiger partial charge in [0.2, 0.25) is 0 Å². The van der Waals surface area contributed by atoms with Crippen LogP contribution in [0, 0.1) is 11.6 Å². The first-order valence-corrected chi connectivity index (χ1v) is 11.2. The Morgan fingerprint density at radius 3 is 2.31 bits per heavy atom. The third-order valence-electron chi connectivity index (χ3n) is 6.38. The van der Waals surface area contributed by atoms with E-state index in [1.54, 1.807) is 24.3 Å². The van der Waals surface area contributed by atoms with Crippen molar-refractivity contribution < 1.29 is 23.5 Å². The van der Waals surface area contributed by atoms with Crippen LogP contribution in [0.15, 0.2) is 90.5 Å². The molecule has 4 aromatic carbocycles. The first kappa shape index (κ1) is 22.5. The molecule has 1 fully saturated rings.